The molecule has 1 amide bonds. The molecule has 0 radical (unpaired) electrons. The molecule has 0 unspecified atom stereocenters. The monoisotopic (exact) mass is 414 g/mol. The molecular weight excluding hydrogens is 382 g/mol. The van der Waals surface area contributed by atoms with E-state index >= 15 is 0 Å². The second-order valence-electron chi connectivity index (χ2n) is 7.99. The molecule has 1 aromatic carbocycles. The van der Waals surface area contributed by atoms with Crippen LogP contribution in [0.15, 0.2) is 41.8 Å². The highest BCUT2D eigenvalue weighted by molar-refractivity contribution is 7.09. The van der Waals surface area contributed by atoms with Crippen LogP contribution >= 0.6 is 11.3 Å². The fourth-order valence-corrected chi connectivity index (χ4v) is 5.31. The van der Waals surface area contributed by atoms with Crippen LogP contribution in [0, 0.1) is 5.92 Å². The number of nitrogens with one attached hydrogen (secondary N) is 1. The molecule has 0 atom stereocenters. The average molecular weight is 415 g/mol. The Hall–Kier alpha value is -2.05. The van der Waals surface area contributed by atoms with Gasteiger partial charge in [-0.3, -0.25) is 4.79 Å². The molecule has 2 aliphatic rings. The Morgan fingerprint density at radius 3 is 2.55 bits per heavy atom. The average Bonchev–Trinajstić information content (AvgIpc) is 3.28. The van der Waals surface area contributed by atoms with E-state index in [9.17, 15) is 4.79 Å². The normalized spacial score (nSPS) is 22.5. The van der Waals surface area contributed by atoms with Crippen molar-refractivity contribution in [2.24, 2.45) is 5.92 Å². The minimum atomic E-state index is 0.212. The number of hydrogen-bond acceptors (Lipinski definition) is 4. The Labute approximate surface area is 177 Å². The maximum Gasteiger partial charge on any atom is 0.226 e. The second kappa shape index (κ2) is 9.63. The van der Waals surface area contributed by atoms with Crippen molar-refractivity contribution < 1.29 is 14.4 Å². The molecule has 29 heavy (non-hydrogen) atoms. The Morgan fingerprint density at radius 1 is 1.10 bits per heavy atom. The summed E-state index contributed by atoms with van der Waals surface area (Å²) in [7, 11) is 0. The maximum absolute atomic E-state index is 13.1. The summed E-state index contributed by atoms with van der Waals surface area (Å²) >= 11 is 1.84. The predicted octanol–water partition coefficient (Wildman–Crippen LogP) is 2.29. The van der Waals surface area contributed by atoms with Gasteiger partial charge in [-0.15, -0.1) is 11.3 Å². The van der Waals surface area contributed by atoms with Gasteiger partial charge in [0.2, 0.25) is 5.91 Å². The highest BCUT2D eigenvalue weighted by Gasteiger charge is 2.32. The number of amides is 1. The molecule has 0 aliphatic carbocycles. The van der Waals surface area contributed by atoms with Gasteiger partial charge in [-0.05, 0) is 30.5 Å². The number of para-hydroxylation sites is 2. The summed E-state index contributed by atoms with van der Waals surface area (Å²) in [5.74, 6) is 1.53. The van der Waals surface area contributed by atoms with Crippen LogP contribution in [-0.4, -0.2) is 56.7 Å². The molecule has 0 bridgehead atoms. The number of ether oxygens (including phenoxy) is 1. The first kappa shape index (κ1) is 20.2. The molecule has 3 heterocycles. The minimum absolute atomic E-state index is 0.212. The van der Waals surface area contributed by atoms with E-state index in [1.807, 2.05) is 30.4 Å². The van der Waals surface area contributed by atoms with E-state index in [-0.39, 0.29) is 5.92 Å². The number of hydrogen-bond donors (Lipinski definition) is 1. The lowest BCUT2D eigenvalue weighted by molar-refractivity contribution is -0.919. The van der Waals surface area contributed by atoms with Gasteiger partial charge in [0.15, 0.2) is 0 Å². The first-order valence-electron chi connectivity index (χ1n) is 10.9. The van der Waals surface area contributed by atoms with E-state index in [2.05, 4.69) is 39.4 Å². The van der Waals surface area contributed by atoms with E-state index in [0.717, 1.165) is 70.1 Å². The van der Waals surface area contributed by atoms with Gasteiger partial charge in [-0.1, -0.05) is 18.2 Å². The Bertz CT molecular complexity index is 779. The van der Waals surface area contributed by atoms with Crippen molar-refractivity contribution in [1.29, 1.82) is 0 Å². The third-order valence-electron chi connectivity index (χ3n) is 6.14. The zero-order valence-electron chi connectivity index (χ0n) is 17.3. The molecule has 1 aromatic heterocycles. The molecule has 1 N–H and O–H groups in total. The molecule has 6 heteroatoms. The molecule has 2 aliphatic heterocycles. The van der Waals surface area contributed by atoms with Crippen LogP contribution in [0.25, 0.3) is 0 Å². The number of piperidine rings is 1. The Kier molecular flexibility index (Phi) is 6.72. The second-order valence-corrected chi connectivity index (χ2v) is 9.03. The van der Waals surface area contributed by atoms with Crippen molar-refractivity contribution in [2.75, 3.05) is 50.8 Å². The summed E-state index contributed by atoms with van der Waals surface area (Å²) in [6, 6.07) is 12.6. The first-order chi connectivity index (χ1) is 14.2. The number of piperazine rings is 1. The smallest absolute Gasteiger partial charge is 0.226 e. The first-order valence-corrected chi connectivity index (χ1v) is 11.7. The molecule has 2 saturated heterocycles. The van der Waals surface area contributed by atoms with Crippen LogP contribution in [0.5, 0.6) is 5.75 Å². The summed E-state index contributed by atoms with van der Waals surface area (Å²) < 4.78 is 5.78. The highest BCUT2D eigenvalue weighted by Crippen LogP contribution is 2.29. The van der Waals surface area contributed by atoms with Crippen molar-refractivity contribution in [2.45, 2.75) is 26.3 Å². The lowest BCUT2D eigenvalue weighted by Crippen LogP contribution is -3.11. The predicted molar refractivity (Wildman–Crippen MR) is 118 cm³/mol. The van der Waals surface area contributed by atoms with Gasteiger partial charge in [-0.2, -0.15) is 0 Å². The fourth-order valence-electron chi connectivity index (χ4n) is 4.53. The maximum atomic E-state index is 13.1. The number of quaternary nitrogens is 1. The summed E-state index contributed by atoms with van der Waals surface area (Å²) in [5.41, 5.74) is 1.15. The molecule has 2 fully saturated rings. The van der Waals surface area contributed by atoms with E-state index in [0.29, 0.717) is 12.5 Å². The van der Waals surface area contributed by atoms with Gasteiger partial charge >= 0.3 is 0 Å². The quantitative estimate of drug-likeness (QED) is 0.788. The lowest BCUT2D eigenvalue weighted by atomic mass is 9.95. The number of rotatable bonds is 6. The van der Waals surface area contributed by atoms with Crippen LogP contribution in [-0.2, 0) is 11.3 Å². The molecule has 2 aromatic rings. The molecule has 0 spiro atoms. The Morgan fingerprint density at radius 2 is 1.86 bits per heavy atom. The van der Waals surface area contributed by atoms with Crippen LogP contribution in [0.2, 0.25) is 0 Å². The Balaban J connectivity index is 1.26. The topological polar surface area (TPSA) is 37.2 Å². The summed E-state index contributed by atoms with van der Waals surface area (Å²) in [6.07, 6.45) is 2.04. The standard InChI is InChI=1S/C23H31N3O2S/c1-2-28-22-8-4-3-7-21(22)25-13-15-26(16-14-25)23(27)19-9-11-24(12-10-19)18-20-6-5-17-29-20/h3-8,17,19H,2,9-16,18H2,1H3/p+1. The number of benzene rings is 1. The van der Waals surface area contributed by atoms with E-state index in [1.165, 1.54) is 4.88 Å². The van der Waals surface area contributed by atoms with Crippen LogP contribution < -0.4 is 14.5 Å². The number of likely N-dealkylation sites (tertiary alicyclic amines) is 1. The number of carbonyl (C=O) groups excluding carboxylic acids is 1. The van der Waals surface area contributed by atoms with E-state index < -0.39 is 0 Å². The number of carbonyl (C=O) groups is 1. The summed E-state index contributed by atoms with van der Waals surface area (Å²) in [4.78, 5) is 20.6. The molecule has 156 valence electrons. The third-order valence-corrected chi connectivity index (χ3v) is 7.02. The van der Waals surface area contributed by atoms with Crippen LogP contribution in [0.1, 0.15) is 24.6 Å². The van der Waals surface area contributed by atoms with Crippen LogP contribution in [0.4, 0.5) is 5.69 Å². The molecular formula is C23H32N3O2S+. The van der Waals surface area contributed by atoms with E-state index in [1.54, 1.807) is 4.90 Å². The summed E-state index contributed by atoms with van der Waals surface area (Å²) in [6.45, 7) is 9.37. The largest absolute Gasteiger partial charge is 0.492 e. The SMILES string of the molecule is CCOc1ccccc1N1CCN(C(=O)C2CC[NH+](Cc3cccs3)CC2)CC1. The van der Waals surface area contributed by atoms with Crippen molar-refractivity contribution in [3.8, 4) is 5.75 Å². The fraction of sp³-hybridized carbons (Fsp3) is 0.522. The van der Waals surface area contributed by atoms with Gasteiger partial charge in [0.25, 0.3) is 0 Å². The van der Waals surface area contributed by atoms with Gasteiger partial charge in [0.1, 0.15) is 12.3 Å². The minimum Gasteiger partial charge on any atom is -0.492 e. The summed E-state index contributed by atoms with van der Waals surface area (Å²) in [5, 5.41) is 2.15. The zero-order valence-corrected chi connectivity index (χ0v) is 18.1. The third kappa shape index (κ3) is 4.93. The highest BCUT2D eigenvalue weighted by atomic mass is 32.1. The van der Waals surface area contributed by atoms with Crippen molar-refractivity contribution in [3.63, 3.8) is 0 Å². The van der Waals surface area contributed by atoms with Crippen molar-refractivity contribution >= 4 is 22.9 Å². The molecule has 4 rings (SSSR count). The number of thiophene rings is 1. The number of nitrogens with zero attached hydrogens (tertiary/aromatic N) is 2. The van der Waals surface area contributed by atoms with Gasteiger partial charge in [0.05, 0.1) is 30.3 Å². The van der Waals surface area contributed by atoms with Crippen molar-refractivity contribution in [3.05, 3.63) is 46.7 Å². The number of anilines is 1. The molecule has 5 nitrogen and oxygen atoms in total. The molecule has 0 saturated carbocycles. The van der Waals surface area contributed by atoms with Gasteiger partial charge in [-0.25, -0.2) is 0 Å². The van der Waals surface area contributed by atoms with Crippen molar-refractivity contribution in [1.82, 2.24) is 4.90 Å². The lowest BCUT2D eigenvalue weighted by Gasteiger charge is -2.39. The van der Waals surface area contributed by atoms with Gasteiger partial charge in [0, 0.05) is 44.9 Å². The van der Waals surface area contributed by atoms with E-state index in [4.69, 9.17) is 4.74 Å². The zero-order chi connectivity index (χ0) is 20.1. The van der Waals surface area contributed by atoms with Crippen LogP contribution in [0.3, 0.4) is 0 Å². The van der Waals surface area contributed by atoms with Gasteiger partial charge < -0.3 is 19.4 Å².